The lowest BCUT2D eigenvalue weighted by atomic mass is 9.50. The Morgan fingerprint density at radius 3 is 2.31 bits per heavy atom. The lowest BCUT2D eigenvalue weighted by Crippen LogP contribution is -2.44. The van der Waals surface area contributed by atoms with Crippen LogP contribution in [0.3, 0.4) is 0 Å². The molecule has 0 nitrogen and oxygen atoms in total. The first-order chi connectivity index (χ1) is 7.93. The fourth-order valence-corrected chi connectivity index (χ4v) is 4.27. The van der Waals surface area contributed by atoms with Crippen LogP contribution >= 0.6 is 0 Å². The smallest absolute Gasteiger partial charge is 0.0128 e. The zero-order chi connectivity index (χ0) is 10.5. The minimum Gasteiger partial charge on any atom is -0.0770 e. The number of rotatable bonds is 1. The maximum absolute atomic E-state index is 2.61. The van der Waals surface area contributed by atoms with Gasteiger partial charge in [0.2, 0.25) is 0 Å². The molecule has 0 radical (unpaired) electrons. The van der Waals surface area contributed by atoms with E-state index in [2.05, 4.69) is 36.4 Å². The minimum absolute atomic E-state index is 0.895. The highest BCUT2D eigenvalue weighted by molar-refractivity contribution is 5.70. The molecule has 82 valence electrons. The molecule has 2 fully saturated rings. The third kappa shape index (κ3) is 1.10. The first-order valence-corrected chi connectivity index (χ1v) is 6.70. The molecule has 2 bridgehead atoms. The summed E-state index contributed by atoms with van der Waals surface area (Å²) in [5.74, 6) is 3.91. The van der Waals surface area contributed by atoms with Gasteiger partial charge in [-0.1, -0.05) is 36.4 Å². The van der Waals surface area contributed by atoms with Gasteiger partial charge in [-0.2, -0.15) is 0 Å². The van der Waals surface area contributed by atoms with Gasteiger partial charge in [-0.15, -0.1) is 0 Å². The minimum atomic E-state index is 0.895. The van der Waals surface area contributed by atoms with Crippen LogP contribution in [0, 0.1) is 23.7 Å². The van der Waals surface area contributed by atoms with E-state index in [1.54, 1.807) is 5.57 Å². The van der Waals surface area contributed by atoms with Gasteiger partial charge in [-0.25, -0.2) is 0 Å². The lowest BCUT2D eigenvalue weighted by molar-refractivity contribution is 0.0335. The Morgan fingerprint density at radius 1 is 0.812 bits per heavy atom. The maximum atomic E-state index is 2.61. The van der Waals surface area contributed by atoms with Crippen molar-refractivity contribution in [1.29, 1.82) is 0 Å². The average molecular weight is 210 g/mol. The van der Waals surface area contributed by atoms with Crippen LogP contribution in [0.2, 0.25) is 0 Å². The van der Waals surface area contributed by atoms with Crippen LogP contribution in [-0.2, 0) is 0 Å². The Bertz CT molecular complexity index is 429. The predicted octanol–water partition coefficient (Wildman–Crippen LogP) is 4.14. The van der Waals surface area contributed by atoms with Crippen LogP contribution in [-0.4, -0.2) is 0 Å². The van der Waals surface area contributed by atoms with Crippen molar-refractivity contribution in [3.8, 4) is 0 Å². The van der Waals surface area contributed by atoms with Crippen LogP contribution < -0.4 is 0 Å². The number of benzene rings is 1. The number of hydrogen-bond acceptors (Lipinski definition) is 0. The van der Waals surface area contributed by atoms with Gasteiger partial charge >= 0.3 is 0 Å². The molecule has 1 aromatic carbocycles. The van der Waals surface area contributed by atoms with E-state index in [4.69, 9.17) is 0 Å². The van der Waals surface area contributed by atoms with E-state index >= 15 is 0 Å². The van der Waals surface area contributed by atoms with E-state index in [9.17, 15) is 0 Å². The van der Waals surface area contributed by atoms with E-state index in [0.29, 0.717) is 0 Å². The summed E-state index contributed by atoms with van der Waals surface area (Å²) in [4.78, 5) is 0. The second kappa shape index (κ2) is 3.23. The van der Waals surface area contributed by atoms with Crippen LogP contribution in [0.4, 0.5) is 0 Å². The third-order valence-corrected chi connectivity index (χ3v) is 5.16. The van der Waals surface area contributed by atoms with Gasteiger partial charge in [0, 0.05) is 0 Å². The van der Waals surface area contributed by atoms with Crippen molar-refractivity contribution in [2.75, 3.05) is 0 Å². The molecule has 16 heavy (non-hydrogen) atoms. The van der Waals surface area contributed by atoms with Gasteiger partial charge in [0.25, 0.3) is 0 Å². The molecule has 4 aliphatic rings. The summed E-state index contributed by atoms with van der Waals surface area (Å²) >= 11 is 0. The van der Waals surface area contributed by atoms with Gasteiger partial charge in [-0.05, 0) is 60.5 Å². The molecule has 0 unspecified atom stereocenters. The monoisotopic (exact) mass is 210 g/mol. The van der Waals surface area contributed by atoms with Crippen molar-refractivity contribution in [3.05, 3.63) is 42.0 Å². The molecule has 0 amide bonds. The Morgan fingerprint density at radius 2 is 1.62 bits per heavy atom. The second-order valence-electron chi connectivity index (χ2n) is 5.74. The molecular formula is C16H18. The third-order valence-electron chi connectivity index (χ3n) is 5.16. The Hall–Kier alpha value is -1.04. The fraction of sp³-hybridized carbons (Fsp3) is 0.500. The molecular weight excluding hydrogens is 192 g/mol. The fourth-order valence-electron chi connectivity index (χ4n) is 4.27. The highest BCUT2D eigenvalue weighted by Gasteiger charge is 2.48. The van der Waals surface area contributed by atoms with Crippen LogP contribution in [0.5, 0.6) is 0 Å². The molecule has 0 aliphatic heterocycles. The van der Waals surface area contributed by atoms with Crippen molar-refractivity contribution in [3.63, 3.8) is 0 Å². The summed E-state index contributed by atoms with van der Waals surface area (Å²) in [6.07, 6.45) is 8.53. The van der Waals surface area contributed by atoms with Gasteiger partial charge in [0.05, 0.1) is 0 Å². The Balaban J connectivity index is 1.77. The van der Waals surface area contributed by atoms with E-state index in [1.165, 1.54) is 31.2 Å². The zero-order valence-corrected chi connectivity index (χ0v) is 9.60. The molecule has 0 N–H and O–H groups in total. The van der Waals surface area contributed by atoms with Gasteiger partial charge in [-0.3, -0.25) is 0 Å². The highest BCUT2D eigenvalue weighted by Crippen LogP contribution is 2.59. The SMILES string of the molecule is C1=C(c2ccccc2)[C@@H]2CC[C@H]1[C@H]1CC[C@H]12. The van der Waals surface area contributed by atoms with Crippen molar-refractivity contribution in [2.24, 2.45) is 23.7 Å². The topological polar surface area (TPSA) is 0 Å². The quantitative estimate of drug-likeness (QED) is 0.653. The summed E-state index contributed by atoms with van der Waals surface area (Å²) in [6.45, 7) is 0. The largest absolute Gasteiger partial charge is 0.0770 e. The van der Waals surface area contributed by atoms with E-state index < -0.39 is 0 Å². The van der Waals surface area contributed by atoms with Crippen molar-refractivity contribution < 1.29 is 0 Å². The summed E-state index contributed by atoms with van der Waals surface area (Å²) in [5.41, 5.74) is 3.17. The molecule has 1 aromatic rings. The number of allylic oxidation sites excluding steroid dienone is 2. The Kier molecular flexibility index (Phi) is 1.82. The van der Waals surface area contributed by atoms with Gasteiger partial charge < -0.3 is 0 Å². The lowest BCUT2D eigenvalue weighted by Gasteiger charge is -2.54. The Labute approximate surface area is 97.4 Å². The van der Waals surface area contributed by atoms with Crippen molar-refractivity contribution in [2.45, 2.75) is 25.7 Å². The average Bonchev–Trinajstić information content (AvgIpc) is 2.30. The normalized spacial score (nSPS) is 39.9. The van der Waals surface area contributed by atoms with E-state index in [1.807, 2.05) is 0 Å². The second-order valence-corrected chi connectivity index (χ2v) is 5.74. The van der Waals surface area contributed by atoms with E-state index in [-0.39, 0.29) is 0 Å². The number of fused-ring (bicyclic) bond motifs is 1. The molecule has 0 heterocycles. The number of hydrogen-bond donors (Lipinski definition) is 0. The maximum Gasteiger partial charge on any atom is -0.0128 e. The summed E-state index contributed by atoms with van der Waals surface area (Å²) < 4.78 is 0. The van der Waals surface area contributed by atoms with Crippen LogP contribution in [0.1, 0.15) is 31.2 Å². The first-order valence-electron chi connectivity index (χ1n) is 6.70. The standard InChI is InChI=1S/C16H18/c1-2-4-11(5-3-1)16-10-12-6-7-15(16)14-9-8-13(12)14/h1-5,10,12-15H,6-9H2/t12-,13-,14-,15-/m1/s1. The molecule has 0 spiro atoms. The zero-order valence-electron chi connectivity index (χ0n) is 9.60. The van der Waals surface area contributed by atoms with Crippen molar-refractivity contribution >= 4 is 5.57 Å². The van der Waals surface area contributed by atoms with Crippen molar-refractivity contribution in [1.82, 2.24) is 0 Å². The summed E-state index contributed by atoms with van der Waals surface area (Å²) in [5, 5.41) is 0. The van der Waals surface area contributed by atoms with E-state index in [0.717, 1.165) is 23.7 Å². The molecule has 0 aromatic heterocycles. The molecule has 2 saturated carbocycles. The van der Waals surface area contributed by atoms with Crippen LogP contribution in [0.25, 0.3) is 5.57 Å². The molecule has 0 heteroatoms. The van der Waals surface area contributed by atoms with Gasteiger partial charge in [0.15, 0.2) is 0 Å². The van der Waals surface area contributed by atoms with Gasteiger partial charge in [0.1, 0.15) is 0 Å². The highest BCUT2D eigenvalue weighted by atomic mass is 14.5. The molecule has 4 aliphatic carbocycles. The molecule has 0 saturated heterocycles. The molecule has 4 atom stereocenters. The summed E-state index contributed by atoms with van der Waals surface area (Å²) in [6, 6.07) is 11.1. The first kappa shape index (κ1) is 9.04. The molecule has 5 rings (SSSR count). The predicted molar refractivity (Wildman–Crippen MR) is 66.8 cm³/mol. The summed E-state index contributed by atoms with van der Waals surface area (Å²) in [7, 11) is 0. The van der Waals surface area contributed by atoms with Crippen LogP contribution in [0.15, 0.2) is 36.4 Å².